The van der Waals surface area contributed by atoms with E-state index in [-0.39, 0.29) is 17.9 Å². The van der Waals surface area contributed by atoms with Crippen LogP contribution in [0.5, 0.6) is 0 Å². The van der Waals surface area contributed by atoms with E-state index in [4.69, 9.17) is 10.5 Å². The molecular formula is C12H17N3O2. The molecular weight excluding hydrogens is 218 g/mol. The van der Waals surface area contributed by atoms with E-state index in [1.165, 1.54) is 6.20 Å². The summed E-state index contributed by atoms with van der Waals surface area (Å²) in [7, 11) is 0. The summed E-state index contributed by atoms with van der Waals surface area (Å²) >= 11 is 0. The molecule has 2 unspecified atom stereocenters. The van der Waals surface area contributed by atoms with Crippen molar-refractivity contribution in [3.05, 3.63) is 18.5 Å². The third kappa shape index (κ3) is 2.55. The number of ether oxygens (including phenoxy) is 1. The number of nitrogen functional groups attached to an aromatic ring is 1. The lowest BCUT2D eigenvalue weighted by Crippen LogP contribution is -2.29. The highest BCUT2D eigenvalue weighted by Gasteiger charge is 2.32. The minimum Gasteiger partial charge on any atom is -0.396 e. The number of amides is 1. The van der Waals surface area contributed by atoms with Gasteiger partial charge in [0, 0.05) is 12.8 Å². The van der Waals surface area contributed by atoms with E-state index in [1.54, 1.807) is 12.3 Å². The van der Waals surface area contributed by atoms with Crippen LogP contribution in [0.2, 0.25) is 0 Å². The van der Waals surface area contributed by atoms with Gasteiger partial charge in [0.05, 0.1) is 29.6 Å². The van der Waals surface area contributed by atoms with E-state index in [0.29, 0.717) is 18.0 Å². The molecule has 17 heavy (non-hydrogen) atoms. The first-order valence-corrected chi connectivity index (χ1v) is 5.84. The molecule has 1 saturated heterocycles. The summed E-state index contributed by atoms with van der Waals surface area (Å²) in [5.41, 5.74) is 6.82. The Balaban J connectivity index is 2.04. The topological polar surface area (TPSA) is 77.2 Å². The molecule has 5 nitrogen and oxygen atoms in total. The molecule has 0 saturated carbocycles. The first-order valence-electron chi connectivity index (χ1n) is 5.84. The third-order valence-electron chi connectivity index (χ3n) is 3.06. The smallest absolute Gasteiger partial charge is 0.230 e. The molecule has 0 spiro atoms. The maximum Gasteiger partial charge on any atom is 0.230 e. The Labute approximate surface area is 100 Å². The lowest BCUT2D eigenvalue weighted by atomic mass is 9.98. The van der Waals surface area contributed by atoms with Crippen LogP contribution in [0.4, 0.5) is 11.4 Å². The molecule has 0 aromatic carbocycles. The predicted molar refractivity (Wildman–Crippen MR) is 65.4 cm³/mol. The van der Waals surface area contributed by atoms with Crippen molar-refractivity contribution in [1.29, 1.82) is 0 Å². The molecule has 1 amide bonds. The van der Waals surface area contributed by atoms with E-state index in [9.17, 15) is 4.79 Å². The van der Waals surface area contributed by atoms with Gasteiger partial charge in [0.2, 0.25) is 5.91 Å². The molecule has 2 atom stereocenters. The van der Waals surface area contributed by atoms with Crippen molar-refractivity contribution in [3.63, 3.8) is 0 Å². The number of nitrogens with two attached hydrogens (primary N) is 1. The number of hydrogen-bond donors (Lipinski definition) is 2. The van der Waals surface area contributed by atoms with Crippen molar-refractivity contribution in [2.45, 2.75) is 25.9 Å². The molecule has 5 heteroatoms. The fraction of sp³-hybridized carbons (Fsp3) is 0.500. The first-order chi connectivity index (χ1) is 8.22. The Morgan fingerprint density at radius 1 is 1.71 bits per heavy atom. The highest BCUT2D eigenvalue weighted by molar-refractivity contribution is 5.95. The fourth-order valence-electron chi connectivity index (χ4n) is 2.10. The molecule has 0 radical (unpaired) electrons. The van der Waals surface area contributed by atoms with Crippen LogP contribution in [-0.2, 0) is 9.53 Å². The monoisotopic (exact) mass is 235 g/mol. The van der Waals surface area contributed by atoms with E-state index < -0.39 is 0 Å². The quantitative estimate of drug-likeness (QED) is 0.830. The van der Waals surface area contributed by atoms with E-state index in [0.717, 1.165) is 12.8 Å². The number of pyridine rings is 1. The number of rotatable bonds is 3. The molecule has 1 aromatic heterocycles. The average Bonchev–Trinajstić information content (AvgIpc) is 2.80. The molecule has 1 aromatic rings. The minimum atomic E-state index is -0.0763. The molecule has 3 N–H and O–H groups in total. The summed E-state index contributed by atoms with van der Waals surface area (Å²) in [6.07, 6.45) is 4.78. The van der Waals surface area contributed by atoms with Crippen molar-refractivity contribution in [3.8, 4) is 0 Å². The maximum atomic E-state index is 12.1. The number of hydrogen-bond acceptors (Lipinski definition) is 4. The van der Waals surface area contributed by atoms with Crippen LogP contribution >= 0.6 is 0 Å². The van der Waals surface area contributed by atoms with E-state index in [2.05, 4.69) is 10.3 Å². The summed E-state index contributed by atoms with van der Waals surface area (Å²) in [5.74, 6) is -0.0974. The van der Waals surface area contributed by atoms with Gasteiger partial charge in [-0.1, -0.05) is 6.92 Å². The van der Waals surface area contributed by atoms with Gasteiger partial charge in [0.15, 0.2) is 0 Å². The predicted octanol–water partition coefficient (Wildman–Crippen LogP) is 1.42. The molecule has 2 heterocycles. The van der Waals surface area contributed by atoms with Crippen LogP contribution in [0.1, 0.15) is 19.8 Å². The zero-order valence-corrected chi connectivity index (χ0v) is 9.85. The van der Waals surface area contributed by atoms with Crippen LogP contribution in [0.25, 0.3) is 0 Å². The summed E-state index contributed by atoms with van der Waals surface area (Å²) in [6.45, 7) is 2.68. The number of anilines is 2. The normalized spacial score (nSPS) is 23.6. The van der Waals surface area contributed by atoms with Gasteiger partial charge in [-0.3, -0.25) is 9.78 Å². The van der Waals surface area contributed by atoms with Crippen molar-refractivity contribution in [2.24, 2.45) is 5.92 Å². The number of nitrogens with zero attached hydrogens (tertiary/aromatic N) is 1. The SMILES string of the molecule is CCC1OCCC1C(=O)Nc1ccncc1N. The Morgan fingerprint density at radius 3 is 3.24 bits per heavy atom. The van der Waals surface area contributed by atoms with Crippen LogP contribution in [0, 0.1) is 5.92 Å². The van der Waals surface area contributed by atoms with Crippen LogP contribution in [-0.4, -0.2) is 23.6 Å². The molecule has 1 aliphatic rings. The summed E-state index contributed by atoms with van der Waals surface area (Å²) < 4.78 is 5.50. The summed E-state index contributed by atoms with van der Waals surface area (Å²) in [6, 6.07) is 1.70. The summed E-state index contributed by atoms with van der Waals surface area (Å²) in [4.78, 5) is 15.9. The van der Waals surface area contributed by atoms with Gasteiger partial charge in [-0.05, 0) is 18.9 Å². The average molecular weight is 235 g/mol. The van der Waals surface area contributed by atoms with Gasteiger partial charge < -0.3 is 15.8 Å². The number of nitrogens with one attached hydrogen (secondary N) is 1. The summed E-state index contributed by atoms with van der Waals surface area (Å²) in [5, 5.41) is 2.83. The second-order valence-corrected chi connectivity index (χ2v) is 4.16. The number of aromatic nitrogens is 1. The molecule has 0 bridgehead atoms. The highest BCUT2D eigenvalue weighted by Crippen LogP contribution is 2.25. The minimum absolute atomic E-state index is 0.0211. The molecule has 1 aliphatic heterocycles. The largest absolute Gasteiger partial charge is 0.396 e. The van der Waals surface area contributed by atoms with Crippen LogP contribution < -0.4 is 11.1 Å². The van der Waals surface area contributed by atoms with Crippen molar-refractivity contribution < 1.29 is 9.53 Å². The Hall–Kier alpha value is -1.62. The second kappa shape index (κ2) is 5.14. The van der Waals surface area contributed by atoms with Gasteiger partial charge in [0.1, 0.15) is 0 Å². The fourth-order valence-corrected chi connectivity index (χ4v) is 2.10. The molecule has 1 fully saturated rings. The van der Waals surface area contributed by atoms with Crippen molar-refractivity contribution in [2.75, 3.05) is 17.7 Å². The van der Waals surface area contributed by atoms with Gasteiger partial charge in [-0.2, -0.15) is 0 Å². The standard InChI is InChI=1S/C12H17N3O2/c1-2-11-8(4-6-17-11)12(16)15-10-3-5-14-7-9(10)13/h3,5,7-8,11H,2,4,6,13H2,1H3,(H,14,15,16). The Bertz CT molecular complexity index is 408. The van der Waals surface area contributed by atoms with Gasteiger partial charge >= 0.3 is 0 Å². The van der Waals surface area contributed by atoms with Gasteiger partial charge in [-0.25, -0.2) is 0 Å². The third-order valence-corrected chi connectivity index (χ3v) is 3.06. The Kier molecular flexibility index (Phi) is 3.58. The maximum absolute atomic E-state index is 12.1. The lowest BCUT2D eigenvalue weighted by molar-refractivity contribution is -0.121. The van der Waals surface area contributed by atoms with Gasteiger partial charge in [-0.15, -0.1) is 0 Å². The zero-order chi connectivity index (χ0) is 12.3. The first kappa shape index (κ1) is 11.9. The van der Waals surface area contributed by atoms with Crippen LogP contribution in [0.3, 0.4) is 0 Å². The number of carbonyl (C=O) groups is 1. The second-order valence-electron chi connectivity index (χ2n) is 4.16. The number of carbonyl (C=O) groups excluding carboxylic acids is 1. The van der Waals surface area contributed by atoms with E-state index >= 15 is 0 Å². The van der Waals surface area contributed by atoms with Gasteiger partial charge in [0.25, 0.3) is 0 Å². The molecule has 2 rings (SSSR count). The van der Waals surface area contributed by atoms with E-state index in [1.807, 2.05) is 6.92 Å². The zero-order valence-electron chi connectivity index (χ0n) is 9.85. The van der Waals surface area contributed by atoms with Crippen molar-refractivity contribution >= 4 is 17.3 Å². The molecule has 92 valence electrons. The highest BCUT2D eigenvalue weighted by atomic mass is 16.5. The lowest BCUT2D eigenvalue weighted by Gasteiger charge is -2.16. The van der Waals surface area contributed by atoms with Crippen molar-refractivity contribution in [1.82, 2.24) is 4.98 Å². The van der Waals surface area contributed by atoms with Crippen LogP contribution in [0.15, 0.2) is 18.5 Å². The molecule has 0 aliphatic carbocycles. The Morgan fingerprint density at radius 2 is 2.53 bits per heavy atom.